The SMILES string of the molecule is O=C(O)C[C@]1(C[C@H](O)c2ccc(-c3noc(-c4cnn(-c5ncccc5Cl)c4C(F)(F)F)n3)cc2)CCCNC1. The number of benzene rings is 1. The quantitative estimate of drug-likeness (QED) is 0.266. The van der Waals surface area contributed by atoms with Gasteiger partial charge in [0.2, 0.25) is 5.82 Å². The van der Waals surface area contributed by atoms with Crippen LogP contribution in [0.4, 0.5) is 13.2 Å². The van der Waals surface area contributed by atoms with E-state index < -0.39 is 40.8 Å². The van der Waals surface area contributed by atoms with Crippen molar-refractivity contribution < 1.29 is 32.7 Å². The molecule has 0 saturated carbocycles. The number of alkyl halides is 3. The third-order valence-electron chi connectivity index (χ3n) is 6.90. The summed E-state index contributed by atoms with van der Waals surface area (Å²) in [6.45, 7) is 1.31. The first-order chi connectivity index (χ1) is 19.1. The average molecular weight is 577 g/mol. The molecule has 2 atom stereocenters. The molecule has 3 aromatic heterocycles. The van der Waals surface area contributed by atoms with Crippen LogP contribution in [0.2, 0.25) is 5.02 Å². The summed E-state index contributed by atoms with van der Waals surface area (Å²) in [4.78, 5) is 19.5. The van der Waals surface area contributed by atoms with E-state index in [4.69, 9.17) is 16.1 Å². The normalized spacial score (nSPS) is 18.5. The maximum absolute atomic E-state index is 14.1. The van der Waals surface area contributed by atoms with E-state index in [-0.39, 0.29) is 29.5 Å². The fourth-order valence-electron chi connectivity index (χ4n) is 5.05. The zero-order valence-electron chi connectivity index (χ0n) is 20.9. The van der Waals surface area contributed by atoms with E-state index in [0.29, 0.717) is 28.8 Å². The second-order valence-electron chi connectivity index (χ2n) is 9.74. The number of carbonyl (C=O) groups is 1. The molecule has 40 heavy (non-hydrogen) atoms. The van der Waals surface area contributed by atoms with Gasteiger partial charge in [-0.3, -0.25) is 4.79 Å². The van der Waals surface area contributed by atoms with Crippen molar-refractivity contribution in [1.29, 1.82) is 0 Å². The van der Waals surface area contributed by atoms with Crippen molar-refractivity contribution in [2.45, 2.75) is 38.0 Å². The molecule has 3 N–H and O–H groups in total. The first-order valence-electron chi connectivity index (χ1n) is 12.4. The summed E-state index contributed by atoms with van der Waals surface area (Å²) in [7, 11) is 0. The van der Waals surface area contributed by atoms with Crippen molar-refractivity contribution in [1.82, 2.24) is 30.2 Å². The monoisotopic (exact) mass is 576 g/mol. The van der Waals surface area contributed by atoms with Gasteiger partial charge in [0.05, 0.1) is 29.3 Å². The van der Waals surface area contributed by atoms with Crippen LogP contribution < -0.4 is 5.32 Å². The predicted octanol–water partition coefficient (Wildman–Crippen LogP) is 4.92. The summed E-state index contributed by atoms with van der Waals surface area (Å²) < 4.78 is 48.0. The first-order valence-corrected chi connectivity index (χ1v) is 12.8. The fourth-order valence-corrected chi connectivity index (χ4v) is 5.25. The Labute approximate surface area is 230 Å². The summed E-state index contributed by atoms with van der Waals surface area (Å²) in [5, 5.41) is 31.1. The van der Waals surface area contributed by atoms with Crippen molar-refractivity contribution in [3.63, 3.8) is 0 Å². The van der Waals surface area contributed by atoms with Crippen LogP contribution in [-0.2, 0) is 11.0 Å². The number of carboxylic acids is 1. The number of carboxylic acid groups (broad SMARTS) is 1. The highest BCUT2D eigenvalue weighted by Gasteiger charge is 2.41. The summed E-state index contributed by atoms with van der Waals surface area (Å²) >= 11 is 6.05. The summed E-state index contributed by atoms with van der Waals surface area (Å²) in [6, 6.07) is 9.38. The molecule has 1 fully saturated rings. The van der Waals surface area contributed by atoms with Crippen LogP contribution in [0.1, 0.15) is 43.0 Å². The Morgan fingerprint density at radius 1 is 1.25 bits per heavy atom. The van der Waals surface area contributed by atoms with Crippen LogP contribution in [0, 0.1) is 5.41 Å². The summed E-state index contributed by atoms with van der Waals surface area (Å²) in [6.07, 6.45) is -1.77. The number of halogens is 4. The van der Waals surface area contributed by atoms with Gasteiger partial charge in [-0.2, -0.15) is 23.3 Å². The molecule has 1 aliphatic rings. The molecule has 1 saturated heterocycles. The largest absolute Gasteiger partial charge is 0.481 e. The van der Waals surface area contributed by atoms with Gasteiger partial charge in [0, 0.05) is 18.3 Å². The third-order valence-corrected chi connectivity index (χ3v) is 7.20. The highest BCUT2D eigenvalue weighted by Crippen LogP contribution is 2.41. The van der Waals surface area contributed by atoms with E-state index in [1.807, 2.05) is 0 Å². The van der Waals surface area contributed by atoms with E-state index in [9.17, 15) is 28.2 Å². The molecule has 0 unspecified atom stereocenters. The molecule has 0 radical (unpaired) electrons. The number of rotatable bonds is 8. The number of pyridine rings is 1. The smallest absolute Gasteiger partial charge is 0.434 e. The van der Waals surface area contributed by atoms with Crippen LogP contribution in [0.15, 0.2) is 53.3 Å². The van der Waals surface area contributed by atoms with E-state index in [2.05, 4.69) is 25.5 Å². The molecule has 210 valence electrons. The maximum Gasteiger partial charge on any atom is 0.434 e. The van der Waals surface area contributed by atoms with Gasteiger partial charge in [0.15, 0.2) is 11.5 Å². The Morgan fingerprint density at radius 3 is 2.67 bits per heavy atom. The number of nitrogens with one attached hydrogen (secondary N) is 1. The lowest BCUT2D eigenvalue weighted by molar-refractivity contribution is -0.142. The molecule has 4 heterocycles. The van der Waals surface area contributed by atoms with Gasteiger partial charge in [-0.05, 0) is 48.9 Å². The van der Waals surface area contributed by atoms with Gasteiger partial charge in [-0.25, -0.2) is 9.67 Å². The number of piperidine rings is 1. The number of hydrogen-bond donors (Lipinski definition) is 3. The standard InChI is InChI=1S/C26H24ClF3N6O4/c27-18-3-1-10-32-23(18)36-21(26(28,29)30)17(13-33-36)24-34-22(35-40-24)16-6-4-15(5-7-16)19(37)11-25(12-20(38)39)8-2-9-31-14-25/h1,3-7,10,13,19,31,37H,2,8-9,11-12,14H2,(H,38,39)/t19-,25+/m0/s1. The van der Waals surface area contributed by atoms with Crippen molar-refractivity contribution in [3.8, 4) is 28.7 Å². The predicted molar refractivity (Wildman–Crippen MR) is 136 cm³/mol. The topological polar surface area (TPSA) is 139 Å². The Morgan fingerprint density at radius 2 is 2.02 bits per heavy atom. The Bertz CT molecular complexity index is 1500. The molecule has 0 amide bonds. The van der Waals surface area contributed by atoms with Crippen LogP contribution in [0.25, 0.3) is 28.7 Å². The molecule has 1 aliphatic heterocycles. The molecular weight excluding hydrogens is 553 g/mol. The summed E-state index contributed by atoms with van der Waals surface area (Å²) in [5.41, 5.74) is -1.17. The summed E-state index contributed by atoms with van der Waals surface area (Å²) in [5.74, 6) is -1.48. The van der Waals surface area contributed by atoms with Gasteiger partial charge in [-0.15, -0.1) is 0 Å². The maximum atomic E-state index is 14.1. The molecule has 10 nitrogen and oxygen atoms in total. The molecule has 0 spiro atoms. The van der Waals surface area contributed by atoms with Crippen LogP contribution in [0.5, 0.6) is 0 Å². The van der Waals surface area contributed by atoms with Crippen molar-refractivity contribution >= 4 is 17.6 Å². The van der Waals surface area contributed by atoms with Crippen molar-refractivity contribution in [2.75, 3.05) is 13.1 Å². The third kappa shape index (κ3) is 5.71. The van der Waals surface area contributed by atoms with E-state index in [1.54, 1.807) is 24.3 Å². The van der Waals surface area contributed by atoms with E-state index >= 15 is 0 Å². The Balaban J connectivity index is 1.39. The van der Waals surface area contributed by atoms with Crippen LogP contribution >= 0.6 is 11.6 Å². The number of aliphatic hydroxyl groups excluding tert-OH is 1. The Hall–Kier alpha value is -3.81. The van der Waals surface area contributed by atoms with Crippen LogP contribution in [-0.4, -0.2) is 54.2 Å². The van der Waals surface area contributed by atoms with Gasteiger partial charge in [0.25, 0.3) is 5.89 Å². The van der Waals surface area contributed by atoms with Crippen LogP contribution in [0.3, 0.4) is 0 Å². The zero-order valence-corrected chi connectivity index (χ0v) is 21.7. The first kappa shape index (κ1) is 27.7. The minimum atomic E-state index is -4.84. The number of nitrogens with zero attached hydrogens (tertiary/aromatic N) is 5. The van der Waals surface area contributed by atoms with E-state index in [0.717, 1.165) is 19.2 Å². The Kier molecular flexibility index (Phi) is 7.62. The second-order valence-corrected chi connectivity index (χ2v) is 10.1. The second kappa shape index (κ2) is 11.0. The van der Waals surface area contributed by atoms with Gasteiger partial charge < -0.3 is 20.1 Å². The highest BCUT2D eigenvalue weighted by atomic mass is 35.5. The van der Waals surface area contributed by atoms with Crippen molar-refractivity contribution in [2.24, 2.45) is 5.41 Å². The highest BCUT2D eigenvalue weighted by molar-refractivity contribution is 6.32. The van der Waals surface area contributed by atoms with E-state index in [1.165, 1.54) is 18.3 Å². The number of hydrogen-bond acceptors (Lipinski definition) is 8. The fraction of sp³-hybridized carbons (Fsp3) is 0.346. The number of aliphatic hydroxyl groups is 1. The molecule has 1 aromatic carbocycles. The molecule has 0 aliphatic carbocycles. The lowest BCUT2D eigenvalue weighted by Crippen LogP contribution is -2.42. The molecule has 4 aromatic rings. The number of aromatic nitrogens is 5. The minimum absolute atomic E-state index is 0.0234. The molecule has 14 heteroatoms. The van der Waals surface area contributed by atoms with Gasteiger partial charge in [-0.1, -0.05) is 41.0 Å². The molecule has 5 rings (SSSR count). The molecule has 0 bridgehead atoms. The average Bonchev–Trinajstić information content (AvgIpc) is 3.57. The van der Waals surface area contributed by atoms with Crippen molar-refractivity contribution in [3.05, 3.63) is 65.1 Å². The lowest BCUT2D eigenvalue weighted by Gasteiger charge is -2.38. The van der Waals surface area contributed by atoms with Gasteiger partial charge in [0.1, 0.15) is 0 Å². The van der Waals surface area contributed by atoms with Gasteiger partial charge >= 0.3 is 12.1 Å². The minimum Gasteiger partial charge on any atom is -0.481 e. The molecular formula is C26H24ClF3N6O4. The zero-order chi connectivity index (χ0) is 28.5. The number of aliphatic carboxylic acids is 1. The lowest BCUT2D eigenvalue weighted by atomic mass is 9.73.